The Balaban J connectivity index is 2.41. The molecule has 0 amide bonds. The van der Waals surface area contributed by atoms with Crippen LogP contribution in [0.15, 0.2) is 41.3 Å². The minimum absolute atomic E-state index is 0.0152. The molecule has 0 aliphatic rings. The fraction of sp³-hybridized carbons (Fsp3) is 0.350. The topological polar surface area (TPSA) is 105 Å². The number of rotatable bonds is 10. The van der Waals surface area contributed by atoms with Crippen LogP contribution in [0.5, 0.6) is 11.5 Å². The van der Waals surface area contributed by atoms with Gasteiger partial charge >= 0.3 is 5.97 Å². The lowest BCUT2D eigenvalue weighted by molar-refractivity contribution is 0.0697. The van der Waals surface area contributed by atoms with Crippen LogP contribution in [0.1, 0.15) is 30.1 Å². The summed E-state index contributed by atoms with van der Waals surface area (Å²) in [5.74, 6) is -0.638. The zero-order valence-corrected chi connectivity index (χ0v) is 17.7. The zero-order chi connectivity index (χ0) is 21.6. The number of carboxylic acid groups (broad SMARTS) is 1. The van der Waals surface area contributed by atoms with Crippen molar-refractivity contribution in [3.05, 3.63) is 42.0 Å². The maximum atomic E-state index is 12.9. The van der Waals surface area contributed by atoms with Gasteiger partial charge in [0.25, 0.3) is 10.0 Å². The van der Waals surface area contributed by atoms with Gasteiger partial charge in [-0.15, -0.1) is 0 Å². The molecule has 2 aromatic carbocycles. The van der Waals surface area contributed by atoms with Gasteiger partial charge in [0.1, 0.15) is 16.4 Å². The Hall–Kier alpha value is -2.94. The number of methoxy groups -OCH3 is 2. The lowest BCUT2D eigenvalue weighted by atomic mass is 10.1. The summed E-state index contributed by atoms with van der Waals surface area (Å²) in [6.07, 6.45) is 1.90. The first-order chi connectivity index (χ1) is 13.7. The average Bonchev–Trinajstić information content (AvgIpc) is 2.71. The summed E-state index contributed by atoms with van der Waals surface area (Å²) >= 11 is 0. The first-order valence-corrected chi connectivity index (χ1v) is 10.5. The van der Waals surface area contributed by atoms with E-state index in [0.717, 1.165) is 12.8 Å². The van der Waals surface area contributed by atoms with Crippen LogP contribution in [-0.2, 0) is 10.0 Å². The standard InChI is InChI=1S/C20H26N2O6S/c1-5-6-11-22(2)17-9-7-14(12-16(17)20(23)24)21-29(25,26)19-13-15(27-3)8-10-18(19)28-4/h7-10,12-13,21H,5-6,11H2,1-4H3,(H,23,24). The van der Waals surface area contributed by atoms with E-state index in [9.17, 15) is 18.3 Å². The highest BCUT2D eigenvalue weighted by molar-refractivity contribution is 7.92. The molecule has 8 nitrogen and oxygen atoms in total. The second kappa shape index (κ2) is 9.51. The number of carboxylic acids is 1. The number of hydrogen-bond acceptors (Lipinski definition) is 6. The lowest BCUT2D eigenvalue weighted by Gasteiger charge is -2.22. The van der Waals surface area contributed by atoms with Crippen LogP contribution >= 0.6 is 0 Å². The fourth-order valence-electron chi connectivity index (χ4n) is 2.82. The van der Waals surface area contributed by atoms with E-state index in [2.05, 4.69) is 11.6 Å². The Labute approximate surface area is 171 Å². The molecular weight excluding hydrogens is 396 g/mol. The van der Waals surface area contributed by atoms with Crippen LogP contribution in [0, 0.1) is 0 Å². The number of benzene rings is 2. The number of nitrogens with zero attached hydrogens (tertiary/aromatic N) is 1. The molecule has 0 unspecified atom stereocenters. The van der Waals surface area contributed by atoms with Gasteiger partial charge in [0, 0.05) is 25.3 Å². The fourth-order valence-corrected chi connectivity index (χ4v) is 4.06. The number of aromatic carboxylic acids is 1. The van der Waals surface area contributed by atoms with Crippen molar-refractivity contribution in [2.45, 2.75) is 24.7 Å². The molecule has 29 heavy (non-hydrogen) atoms. The van der Waals surface area contributed by atoms with Crippen molar-refractivity contribution in [2.75, 3.05) is 37.4 Å². The SMILES string of the molecule is CCCCN(C)c1ccc(NS(=O)(=O)c2cc(OC)ccc2OC)cc1C(=O)O. The van der Waals surface area contributed by atoms with Crippen LogP contribution in [-0.4, -0.2) is 47.3 Å². The van der Waals surface area contributed by atoms with E-state index < -0.39 is 16.0 Å². The molecule has 2 N–H and O–H groups in total. The predicted molar refractivity (Wildman–Crippen MR) is 112 cm³/mol. The minimum atomic E-state index is -4.04. The normalized spacial score (nSPS) is 11.0. The third kappa shape index (κ3) is 5.32. The number of hydrogen-bond donors (Lipinski definition) is 2. The van der Waals surface area contributed by atoms with Crippen molar-refractivity contribution in [3.63, 3.8) is 0 Å². The molecule has 0 radical (unpaired) electrons. The summed E-state index contributed by atoms with van der Waals surface area (Å²) in [5, 5.41) is 9.59. The summed E-state index contributed by atoms with van der Waals surface area (Å²) in [5.41, 5.74) is 0.675. The highest BCUT2D eigenvalue weighted by Crippen LogP contribution is 2.31. The molecule has 2 aromatic rings. The number of anilines is 2. The molecule has 2 rings (SSSR count). The Morgan fingerprint density at radius 3 is 2.45 bits per heavy atom. The number of unbranched alkanes of at least 4 members (excludes halogenated alkanes) is 1. The second-order valence-corrected chi connectivity index (χ2v) is 8.09. The summed E-state index contributed by atoms with van der Waals surface area (Å²) in [6, 6.07) is 8.86. The molecule has 0 aliphatic carbocycles. The summed E-state index contributed by atoms with van der Waals surface area (Å²) < 4.78 is 38.4. The molecule has 0 fully saturated rings. The maximum Gasteiger partial charge on any atom is 0.337 e. The van der Waals surface area contributed by atoms with Gasteiger partial charge in [-0.2, -0.15) is 0 Å². The highest BCUT2D eigenvalue weighted by atomic mass is 32.2. The predicted octanol–water partition coefficient (Wildman–Crippen LogP) is 3.44. The van der Waals surface area contributed by atoms with E-state index in [4.69, 9.17) is 9.47 Å². The molecule has 0 spiro atoms. The van der Waals surface area contributed by atoms with Crippen LogP contribution < -0.4 is 19.1 Å². The van der Waals surface area contributed by atoms with Gasteiger partial charge in [0.2, 0.25) is 0 Å². The molecule has 0 saturated heterocycles. The van der Waals surface area contributed by atoms with Crippen molar-refractivity contribution >= 4 is 27.4 Å². The highest BCUT2D eigenvalue weighted by Gasteiger charge is 2.22. The molecule has 0 bridgehead atoms. The second-order valence-electron chi connectivity index (χ2n) is 6.43. The smallest absolute Gasteiger partial charge is 0.337 e. The lowest BCUT2D eigenvalue weighted by Crippen LogP contribution is -2.21. The molecule has 0 aromatic heterocycles. The Kier molecular flexibility index (Phi) is 7.33. The number of ether oxygens (including phenoxy) is 2. The maximum absolute atomic E-state index is 12.9. The molecule has 0 aliphatic heterocycles. The van der Waals surface area contributed by atoms with Gasteiger partial charge in [-0.25, -0.2) is 13.2 Å². The van der Waals surface area contributed by atoms with Gasteiger partial charge in [-0.1, -0.05) is 13.3 Å². The first-order valence-electron chi connectivity index (χ1n) is 9.06. The molecule has 0 heterocycles. The summed E-state index contributed by atoms with van der Waals surface area (Å²) in [4.78, 5) is 13.5. The molecule has 0 atom stereocenters. The molecule has 158 valence electrons. The number of nitrogens with one attached hydrogen (secondary N) is 1. The van der Waals surface area contributed by atoms with Crippen molar-refractivity contribution in [2.24, 2.45) is 0 Å². The van der Waals surface area contributed by atoms with E-state index in [-0.39, 0.29) is 21.9 Å². The molecular formula is C20H26N2O6S. The third-order valence-electron chi connectivity index (χ3n) is 4.40. The Bertz CT molecular complexity index is 975. The number of carbonyl (C=O) groups is 1. The van der Waals surface area contributed by atoms with Crippen molar-refractivity contribution < 1.29 is 27.8 Å². The van der Waals surface area contributed by atoms with Gasteiger partial charge in [0.15, 0.2) is 0 Å². The van der Waals surface area contributed by atoms with Crippen LogP contribution in [0.2, 0.25) is 0 Å². The number of sulfonamides is 1. The van der Waals surface area contributed by atoms with E-state index in [1.807, 2.05) is 11.9 Å². The van der Waals surface area contributed by atoms with Gasteiger partial charge in [-0.3, -0.25) is 4.72 Å². The molecule has 9 heteroatoms. The van der Waals surface area contributed by atoms with E-state index in [1.54, 1.807) is 12.1 Å². The van der Waals surface area contributed by atoms with Crippen molar-refractivity contribution in [1.29, 1.82) is 0 Å². The van der Waals surface area contributed by atoms with Gasteiger partial charge < -0.3 is 19.5 Å². The minimum Gasteiger partial charge on any atom is -0.497 e. The van der Waals surface area contributed by atoms with E-state index >= 15 is 0 Å². The largest absolute Gasteiger partial charge is 0.497 e. The quantitative estimate of drug-likeness (QED) is 0.604. The van der Waals surface area contributed by atoms with Gasteiger partial charge in [0.05, 0.1) is 25.5 Å². The van der Waals surface area contributed by atoms with Crippen LogP contribution in [0.25, 0.3) is 0 Å². The Morgan fingerprint density at radius 1 is 1.14 bits per heavy atom. The first kappa shape index (κ1) is 22.4. The third-order valence-corrected chi connectivity index (χ3v) is 5.80. The summed E-state index contributed by atoms with van der Waals surface area (Å²) in [7, 11) is 0.562. The van der Waals surface area contributed by atoms with Crippen LogP contribution in [0.4, 0.5) is 11.4 Å². The monoisotopic (exact) mass is 422 g/mol. The van der Waals surface area contributed by atoms with Gasteiger partial charge in [-0.05, 0) is 36.8 Å². The Morgan fingerprint density at radius 2 is 1.86 bits per heavy atom. The van der Waals surface area contributed by atoms with E-state index in [1.165, 1.54) is 38.5 Å². The van der Waals surface area contributed by atoms with Crippen LogP contribution in [0.3, 0.4) is 0 Å². The molecule has 0 saturated carbocycles. The van der Waals surface area contributed by atoms with Crippen molar-refractivity contribution in [3.8, 4) is 11.5 Å². The van der Waals surface area contributed by atoms with E-state index in [0.29, 0.717) is 18.0 Å². The average molecular weight is 423 g/mol. The summed E-state index contributed by atoms with van der Waals surface area (Å²) in [6.45, 7) is 2.75. The van der Waals surface area contributed by atoms with Crippen molar-refractivity contribution in [1.82, 2.24) is 0 Å². The zero-order valence-electron chi connectivity index (χ0n) is 16.9.